The van der Waals surface area contributed by atoms with Gasteiger partial charge >= 0.3 is 0 Å². The number of amides is 2. The van der Waals surface area contributed by atoms with E-state index in [2.05, 4.69) is 0 Å². The van der Waals surface area contributed by atoms with Gasteiger partial charge in [-0.1, -0.05) is 25.1 Å². The first kappa shape index (κ1) is 20.9. The van der Waals surface area contributed by atoms with Crippen molar-refractivity contribution in [3.8, 4) is 5.75 Å². The van der Waals surface area contributed by atoms with E-state index in [1.807, 2.05) is 26.0 Å². The molecule has 1 aromatic rings. The molecule has 3 N–H and O–H groups in total. The number of nitrogens with one attached hydrogen (secondary N) is 1. The Morgan fingerprint density at radius 2 is 2.04 bits per heavy atom. The van der Waals surface area contributed by atoms with Crippen LogP contribution >= 0.6 is 0 Å². The van der Waals surface area contributed by atoms with E-state index in [9.17, 15) is 14.7 Å². The van der Waals surface area contributed by atoms with Crippen LogP contribution in [0.15, 0.2) is 30.4 Å². The molecule has 1 fully saturated rings. The molecule has 0 spiro atoms. The number of phenols is 1. The van der Waals surface area contributed by atoms with Gasteiger partial charge in [-0.25, -0.2) is 5.48 Å². The summed E-state index contributed by atoms with van der Waals surface area (Å²) >= 11 is 0. The zero-order valence-corrected chi connectivity index (χ0v) is 15.9. The SMILES string of the molecule is CC/C=C\CN(C(=O)C1CCOCC1)C(C)c1ccc(C(=O)NO)cc1O. The van der Waals surface area contributed by atoms with Gasteiger partial charge in [0, 0.05) is 36.8 Å². The summed E-state index contributed by atoms with van der Waals surface area (Å²) in [5.41, 5.74) is 2.23. The molecule has 0 aromatic heterocycles. The van der Waals surface area contributed by atoms with Crippen LogP contribution in [0.3, 0.4) is 0 Å². The van der Waals surface area contributed by atoms with E-state index in [4.69, 9.17) is 9.94 Å². The van der Waals surface area contributed by atoms with Crippen LogP contribution in [0.2, 0.25) is 0 Å². The minimum Gasteiger partial charge on any atom is -0.508 e. The second kappa shape index (κ2) is 10.1. The lowest BCUT2D eigenvalue weighted by molar-refractivity contribution is -0.140. The summed E-state index contributed by atoms with van der Waals surface area (Å²) in [7, 11) is 0. The lowest BCUT2D eigenvalue weighted by atomic mass is 9.96. The number of hydrogen-bond acceptors (Lipinski definition) is 5. The first-order valence-corrected chi connectivity index (χ1v) is 9.30. The molecule has 0 aliphatic carbocycles. The van der Waals surface area contributed by atoms with Crippen molar-refractivity contribution in [1.82, 2.24) is 10.4 Å². The van der Waals surface area contributed by atoms with Gasteiger partial charge in [-0.2, -0.15) is 0 Å². The fourth-order valence-electron chi connectivity index (χ4n) is 3.24. The van der Waals surface area contributed by atoms with Crippen LogP contribution in [0, 0.1) is 5.92 Å². The molecular weight excluding hydrogens is 348 g/mol. The highest BCUT2D eigenvalue weighted by molar-refractivity contribution is 5.93. The first-order chi connectivity index (χ1) is 13.0. The number of hydroxylamine groups is 1. The Morgan fingerprint density at radius 3 is 2.63 bits per heavy atom. The Kier molecular flexibility index (Phi) is 7.82. The number of benzene rings is 1. The molecule has 148 valence electrons. The van der Waals surface area contributed by atoms with Crippen LogP contribution in [0.25, 0.3) is 0 Å². The Hall–Kier alpha value is -2.38. The summed E-state index contributed by atoms with van der Waals surface area (Å²) < 4.78 is 5.36. The third-order valence-electron chi connectivity index (χ3n) is 4.87. The predicted molar refractivity (Wildman–Crippen MR) is 100 cm³/mol. The van der Waals surface area contributed by atoms with E-state index < -0.39 is 5.91 Å². The molecule has 0 saturated carbocycles. The Labute approximate surface area is 159 Å². The molecule has 2 amide bonds. The molecule has 1 aromatic carbocycles. The zero-order valence-electron chi connectivity index (χ0n) is 15.9. The summed E-state index contributed by atoms with van der Waals surface area (Å²) in [6, 6.07) is 4.04. The minimum absolute atomic E-state index is 0.0446. The van der Waals surface area contributed by atoms with Crippen LogP contribution in [0.1, 0.15) is 55.1 Å². The van der Waals surface area contributed by atoms with E-state index >= 15 is 0 Å². The van der Waals surface area contributed by atoms with Crippen LogP contribution in [-0.4, -0.2) is 46.8 Å². The molecule has 7 nitrogen and oxygen atoms in total. The van der Waals surface area contributed by atoms with Gasteiger partial charge in [-0.05, 0) is 38.3 Å². The Morgan fingerprint density at radius 1 is 1.33 bits per heavy atom. The maximum Gasteiger partial charge on any atom is 0.274 e. The smallest absolute Gasteiger partial charge is 0.274 e. The lowest BCUT2D eigenvalue weighted by Crippen LogP contribution is -2.40. The molecule has 0 radical (unpaired) electrons. The van der Waals surface area contributed by atoms with Crippen LogP contribution in [-0.2, 0) is 9.53 Å². The van der Waals surface area contributed by atoms with E-state index in [1.165, 1.54) is 17.6 Å². The van der Waals surface area contributed by atoms with Crippen molar-refractivity contribution in [1.29, 1.82) is 0 Å². The van der Waals surface area contributed by atoms with Gasteiger partial charge in [0.2, 0.25) is 5.91 Å². The second-order valence-electron chi connectivity index (χ2n) is 6.65. The van der Waals surface area contributed by atoms with Crippen molar-refractivity contribution in [3.63, 3.8) is 0 Å². The van der Waals surface area contributed by atoms with Gasteiger partial charge in [0.25, 0.3) is 5.91 Å². The average Bonchev–Trinajstić information content (AvgIpc) is 2.70. The number of nitrogens with zero attached hydrogens (tertiary/aromatic N) is 1. The summed E-state index contributed by atoms with van der Waals surface area (Å²) in [6.45, 7) is 5.50. The Balaban J connectivity index is 2.26. The summed E-state index contributed by atoms with van der Waals surface area (Å²) in [6.07, 6.45) is 6.23. The standard InChI is InChI=1S/C20H28N2O5/c1-3-4-5-10-22(20(25)15-8-11-27-12-9-15)14(2)17-7-6-16(13-18(17)23)19(24)21-26/h4-7,13-15,23,26H,3,8-12H2,1-2H3,(H,21,24)/b5-4-. The number of carbonyl (C=O) groups excluding carboxylic acids is 2. The van der Waals surface area contributed by atoms with Crippen molar-refractivity contribution < 1.29 is 24.6 Å². The highest BCUT2D eigenvalue weighted by Gasteiger charge is 2.30. The molecule has 0 bridgehead atoms. The van der Waals surface area contributed by atoms with E-state index in [0.717, 1.165) is 6.42 Å². The highest BCUT2D eigenvalue weighted by atomic mass is 16.5. The number of phenolic OH excluding ortho intramolecular Hbond substituents is 1. The molecule has 27 heavy (non-hydrogen) atoms. The zero-order chi connectivity index (χ0) is 19.8. The van der Waals surface area contributed by atoms with Crippen molar-refractivity contribution in [2.45, 2.75) is 39.2 Å². The molecule has 1 unspecified atom stereocenters. The van der Waals surface area contributed by atoms with Gasteiger partial charge < -0.3 is 14.7 Å². The largest absolute Gasteiger partial charge is 0.508 e. The number of aromatic hydroxyl groups is 1. The third kappa shape index (κ3) is 5.30. The molecule has 1 aliphatic heterocycles. The number of allylic oxidation sites excluding steroid dienone is 1. The fourth-order valence-corrected chi connectivity index (χ4v) is 3.24. The molecule has 1 aliphatic rings. The van der Waals surface area contributed by atoms with Crippen LogP contribution in [0.5, 0.6) is 5.75 Å². The fraction of sp³-hybridized carbons (Fsp3) is 0.500. The van der Waals surface area contributed by atoms with Gasteiger partial charge in [0.05, 0.1) is 6.04 Å². The van der Waals surface area contributed by atoms with Gasteiger partial charge in [0.15, 0.2) is 0 Å². The highest BCUT2D eigenvalue weighted by Crippen LogP contribution is 2.31. The number of rotatable bonds is 7. The summed E-state index contributed by atoms with van der Waals surface area (Å²) in [4.78, 5) is 26.4. The summed E-state index contributed by atoms with van der Waals surface area (Å²) in [5, 5.41) is 19.1. The van der Waals surface area contributed by atoms with Gasteiger partial charge in [-0.3, -0.25) is 14.8 Å². The molecule has 7 heteroatoms. The van der Waals surface area contributed by atoms with Crippen molar-refractivity contribution in [2.75, 3.05) is 19.8 Å². The quantitative estimate of drug-likeness (QED) is 0.386. The third-order valence-corrected chi connectivity index (χ3v) is 4.87. The molecular formula is C20H28N2O5. The predicted octanol–water partition coefficient (Wildman–Crippen LogP) is 2.79. The molecule has 1 heterocycles. The topological polar surface area (TPSA) is 99.1 Å². The molecule has 1 saturated heterocycles. The Bertz CT molecular complexity index is 683. The summed E-state index contributed by atoms with van der Waals surface area (Å²) in [5.74, 6) is -0.834. The van der Waals surface area contributed by atoms with E-state index in [1.54, 1.807) is 11.0 Å². The monoisotopic (exact) mass is 376 g/mol. The van der Waals surface area contributed by atoms with Crippen LogP contribution < -0.4 is 5.48 Å². The van der Waals surface area contributed by atoms with E-state index in [-0.39, 0.29) is 29.2 Å². The number of hydrogen-bond donors (Lipinski definition) is 3. The molecule has 2 rings (SSSR count). The van der Waals surface area contributed by atoms with Gasteiger partial charge in [0.1, 0.15) is 5.75 Å². The number of carbonyl (C=O) groups is 2. The van der Waals surface area contributed by atoms with Crippen molar-refractivity contribution in [3.05, 3.63) is 41.5 Å². The minimum atomic E-state index is -0.703. The van der Waals surface area contributed by atoms with Gasteiger partial charge in [-0.15, -0.1) is 0 Å². The maximum atomic E-state index is 13.1. The van der Waals surface area contributed by atoms with E-state index in [0.29, 0.717) is 38.2 Å². The maximum absolute atomic E-state index is 13.1. The number of ether oxygens (including phenoxy) is 1. The van der Waals surface area contributed by atoms with Crippen molar-refractivity contribution >= 4 is 11.8 Å². The molecule has 1 atom stereocenters. The first-order valence-electron chi connectivity index (χ1n) is 9.30. The lowest BCUT2D eigenvalue weighted by Gasteiger charge is -2.33. The second-order valence-corrected chi connectivity index (χ2v) is 6.65. The van der Waals surface area contributed by atoms with Crippen molar-refractivity contribution in [2.24, 2.45) is 5.92 Å². The normalized spacial score (nSPS) is 16.3. The average molecular weight is 376 g/mol. The van der Waals surface area contributed by atoms with Crippen LogP contribution in [0.4, 0.5) is 0 Å².